The first kappa shape index (κ1) is 20.7. The molecule has 0 aliphatic carbocycles. The summed E-state index contributed by atoms with van der Waals surface area (Å²) in [5, 5.41) is 5.83. The van der Waals surface area contributed by atoms with Crippen LogP contribution in [0.4, 0.5) is 4.79 Å². The first-order valence-electron chi connectivity index (χ1n) is 10.1. The summed E-state index contributed by atoms with van der Waals surface area (Å²) in [5.41, 5.74) is 1.85. The largest absolute Gasteiger partial charge is 0.493 e. The number of benzene rings is 2. The van der Waals surface area contributed by atoms with Crippen molar-refractivity contribution in [2.45, 2.75) is 45.4 Å². The van der Waals surface area contributed by atoms with Crippen LogP contribution in [0.5, 0.6) is 5.75 Å². The predicted molar refractivity (Wildman–Crippen MR) is 110 cm³/mol. The molecule has 2 N–H and O–H groups in total. The van der Waals surface area contributed by atoms with Crippen molar-refractivity contribution in [2.75, 3.05) is 6.61 Å². The van der Waals surface area contributed by atoms with Gasteiger partial charge in [-0.3, -0.25) is 4.79 Å². The molecule has 0 aromatic heterocycles. The second kappa shape index (κ2) is 9.96. The Morgan fingerprint density at radius 3 is 2.62 bits per heavy atom. The van der Waals surface area contributed by atoms with Gasteiger partial charge in [0.2, 0.25) is 5.91 Å². The molecule has 0 bridgehead atoms. The highest BCUT2D eigenvalue weighted by Crippen LogP contribution is 2.31. The highest BCUT2D eigenvalue weighted by Gasteiger charge is 2.30. The third-order valence-corrected chi connectivity index (χ3v) is 5.26. The Kier molecular flexibility index (Phi) is 7.11. The maximum Gasteiger partial charge on any atom is 0.408 e. The molecule has 1 heterocycles. The molecule has 2 aromatic carbocycles. The lowest BCUT2D eigenvalue weighted by Gasteiger charge is -2.30. The van der Waals surface area contributed by atoms with E-state index in [0.717, 1.165) is 23.3 Å². The molecule has 0 unspecified atom stereocenters. The van der Waals surface area contributed by atoms with Gasteiger partial charge in [-0.1, -0.05) is 68.8 Å². The number of nitrogens with one attached hydrogen (secondary N) is 2. The van der Waals surface area contributed by atoms with Gasteiger partial charge in [-0.15, -0.1) is 0 Å². The number of hydrogen-bond acceptors (Lipinski definition) is 4. The van der Waals surface area contributed by atoms with Gasteiger partial charge in [0.25, 0.3) is 0 Å². The van der Waals surface area contributed by atoms with Crippen LogP contribution in [-0.4, -0.2) is 24.6 Å². The zero-order chi connectivity index (χ0) is 20.6. The van der Waals surface area contributed by atoms with Crippen LogP contribution in [0.3, 0.4) is 0 Å². The predicted octanol–water partition coefficient (Wildman–Crippen LogP) is 3.97. The molecular weight excluding hydrogens is 368 g/mol. The van der Waals surface area contributed by atoms with Crippen LogP contribution in [0.25, 0.3) is 0 Å². The molecule has 2 amide bonds. The smallest absolute Gasteiger partial charge is 0.408 e. The van der Waals surface area contributed by atoms with E-state index in [9.17, 15) is 9.59 Å². The van der Waals surface area contributed by atoms with Crippen LogP contribution in [0.15, 0.2) is 54.6 Å². The molecule has 1 aliphatic heterocycles. The van der Waals surface area contributed by atoms with Crippen LogP contribution in [-0.2, 0) is 16.1 Å². The molecule has 0 saturated heterocycles. The summed E-state index contributed by atoms with van der Waals surface area (Å²) >= 11 is 0. The van der Waals surface area contributed by atoms with Crippen LogP contribution >= 0.6 is 0 Å². The zero-order valence-corrected chi connectivity index (χ0v) is 16.9. The normalized spacial score (nSPS) is 17.2. The first-order chi connectivity index (χ1) is 14.1. The Labute approximate surface area is 171 Å². The molecule has 0 saturated carbocycles. The van der Waals surface area contributed by atoms with Crippen molar-refractivity contribution >= 4 is 12.0 Å². The van der Waals surface area contributed by atoms with Crippen molar-refractivity contribution in [2.24, 2.45) is 5.92 Å². The third-order valence-electron chi connectivity index (χ3n) is 5.26. The van der Waals surface area contributed by atoms with Crippen LogP contribution in [0, 0.1) is 5.92 Å². The summed E-state index contributed by atoms with van der Waals surface area (Å²) in [6, 6.07) is 16.3. The van der Waals surface area contributed by atoms with Crippen molar-refractivity contribution in [3.05, 3.63) is 65.7 Å². The van der Waals surface area contributed by atoms with Gasteiger partial charge >= 0.3 is 6.09 Å². The number of rotatable bonds is 7. The van der Waals surface area contributed by atoms with Crippen molar-refractivity contribution in [3.63, 3.8) is 0 Å². The minimum Gasteiger partial charge on any atom is -0.493 e. The molecule has 3 atom stereocenters. The van der Waals surface area contributed by atoms with Gasteiger partial charge in [0.1, 0.15) is 18.4 Å². The lowest BCUT2D eigenvalue weighted by Crippen LogP contribution is -2.51. The van der Waals surface area contributed by atoms with E-state index >= 15 is 0 Å². The summed E-state index contributed by atoms with van der Waals surface area (Å²) in [7, 11) is 0. The van der Waals surface area contributed by atoms with Crippen LogP contribution in [0.2, 0.25) is 0 Å². The molecular formula is C23H28N2O4. The molecule has 0 fully saturated rings. The van der Waals surface area contributed by atoms with Gasteiger partial charge < -0.3 is 20.1 Å². The van der Waals surface area contributed by atoms with Gasteiger partial charge in [0, 0.05) is 12.0 Å². The Morgan fingerprint density at radius 2 is 1.86 bits per heavy atom. The maximum absolute atomic E-state index is 13.0. The number of alkyl carbamates (subject to hydrolysis) is 1. The van der Waals surface area contributed by atoms with E-state index < -0.39 is 12.1 Å². The summed E-state index contributed by atoms with van der Waals surface area (Å²) in [6.45, 7) is 4.64. The van der Waals surface area contributed by atoms with Gasteiger partial charge in [-0.2, -0.15) is 0 Å². The van der Waals surface area contributed by atoms with E-state index in [1.165, 1.54) is 0 Å². The fraction of sp³-hybridized carbons (Fsp3) is 0.391. The van der Waals surface area contributed by atoms with Crippen LogP contribution < -0.4 is 15.4 Å². The highest BCUT2D eigenvalue weighted by atomic mass is 16.5. The second-order valence-corrected chi connectivity index (χ2v) is 7.31. The van der Waals surface area contributed by atoms with Crippen LogP contribution in [0.1, 0.15) is 43.9 Å². The van der Waals surface area contributed by atoms with E-state index in [1.54, 1.807) is 0 Å². The average Bonchev–Trinajstić information content (AvgIpc) is 2.76. The Balaban J connectivity index is 1.62. The molecule has 2 aromatic rings. The minimum atomic E-state index is -0.668. The summed E-state index contributed by atoms with van der Waals surface area (Å²) in [6.07, 6.45) is 0.845. The topological polar surface area (TPSA) is 76.7 Å². The second-order valence-electron chi connectivity index (χ2n) is 7.31. The number of para-hydroxylation sites is 1. The number of fused-ring (bicyclic) bond motifs is 1. The van der Waals surface area contributed by atoms with E-state index in [-0.39, 0.29) is 24.5 Å². The number of carbonyl (C=O) groups is 2. The fourth-order valence-corrected chi connectivity index (χ4v) is 3.35. The van der Waals surface area contributed by atoms with Gasteiger partial charge in [0.15, 0.2) is 0 Å². The SMILES string of the molecule is CC[C@H](C)[C@H](NC(=O)OCc1ccccc1)C(=O)N[C@H]1CCOc2ccccc21. The van der Waals surface area contributed by atoms with E-state index in [0.29, 0.717) is 13.0 Å². The van der Waals surface area contributed by atoms with E-state index in [4.69, 9.17) is 9.47 Å². The van der Waals surface area contributed by atoms with E-state index in [2.05, 4.69) is 10.6 Å². The summed E-state index contributed by atoms with van der Waals surface area (Å²) < 4.78 is 11.0. The number of carbonyl (C=O) groups excluding carboxylic acids is 2. The summed E-state index contributed by atoms with van der Waals surface area (Å²) in [4.78, 5) is 25.3. The number of ether oxygens (including phenoxy) is 2. The Morgan fingerprint density at radius 1 is 1.14 bits per heavy atom. The van der Waals surface area contributed by atoms with Crippen molar-refractivity contribution in [1.82, 2.24) is 10.6 Å². The quantitative estimate of drug-likeness (QED) is 0.743. The zero-order valence-electron chi connectivity index (χ0n) is 16.9. The fourth-order valence-electron chi connectivity index (χ4n) is 3.35. The Hall–Kier alpha value is -3.02. The van der Waals surface area contributed by atoms with Gasteiger partial charge in [-0.05, 0) is 17.5 Å². The molecule has 6 heteroatoms. The minimum absolute atomic E-state index is 0.0330. The molecule has 1 aliphatic rings. The van der Waals surface area contributed by atoms with Gasteiger partial charge in [-0.25, -0.2) is 4.79 Å². The van der Waals surface area contributed by atoms with Crippen molar-refractivity contribution < 1.29 is 19.1 Å². The molecule has 3 rings (SSSR count). The lowest BCUT2D eigenvalue weighted by molar-refractivity contribution is -0.125. The molecule has 6 nitrogen and oxygen atoms in total. The molecule has 0 spiro atoms. The lowest BCUT2D eigenvalue weighted by atomic mass is 9.96. The van der Waals surface area contributed by atoms with Crippen molar-refractivity contribution in [1.29, 1.82) is 0 Å². The standard InChI is InChI=1S/C23H28N2O4/c1-3-16(2)21(25-23(27)29-15-17-9-5-4-6-10-17)22(26)24-19-13-14-28-20-12-8-7-11-18(19)20/h4-12,16,19,21H,3,13-15H2,1-2H3,(H,24,26)(H,25,27)/t16-,19-,21-/m0/s1. The average molecular weight is 396 g/mol. The molecule has 0 radical (unpaired) electrons. The van der Waals surface area contributed by atoms with Crippen molar-refractivity contribution in [3.8, 4) is 5.75 Å². The first-order valence-corrected chi connectivity index (χ1v) is 10.1. The highest BCUT2D eigenvalue weighted by molar-refractivity contribution is 5.86. The van der Waals surface area contributed by atoms with Gasteiger partial charge in [0.05, 0.1) is 12.6 Å². The number of amides is 2. The monoisotopic (exact) mass is 396 g/mol. The third kappa shape index (κ3) is 5.50. The van der Waals surface area contributed by atoms with E-state index in [1.807, 2.05) is 68.4 Å². The number of hydrogen-bond donors (Lipinski definition) is 2. The Bertz CT molecular complexity index is 825. The summed E-state index contributed by atoms with van der Waals surface area (Å²) in [5.74, 6) is 0.548. The molecule has 154 valence electrons. The molecule has 29 heavy (non-hydrogen) atoms. The maximum atomic E-state index is 13.0.